The van der Waals surface area contributed by atoms with E-state index in [4.69, 9.17) is 5.73 Å². The number of anilines is 2. The predicted molar refractivity (Wildman–Crippen MR) is 68.5 cm³/mol. The molecule has 4 heteroatoms. The molecule has 1 aromatic heterocycles. The van der Waals surface area contributed by atoms with Gasteiger partial charge in [0.15, 0.2) is 0 Å². The summed E-state index contributed by atoms with van der Waals surface area (Å²) in [5, 5.41) is 0. The van der Waals surface area contributed by atoms with Gasteiger partial charge in [0, 0.05) is 18.7 Å². The molecule has 0 amide bonds. The van der Waals surface area contributed by atoms with Crippen molar-refractivity contribution in [1.29, 1.82) is 0 Å². The van der Waals surface area contributed by atoms with Gasteiger partial charge in [0.05, 0.1) is 0 Å². The van der Waals surface area contributed by atoms with Gasteiger partial charge in [-0.1, -0.05) is 20.8 Å². The lowest BCUT2D eigenvalue weighted by atomic mass is 9.87. The third-order valence-corrected chi connectivity index (χ3v) is 3.26. The molecule has 0 aliphatic carbocycles. The molecule has 1 heterocycles. The molecule has 1 unspecified atom stereocenters. The fourth-order valence-corrected chi connectivity index (χ4v) is 1.57. The molecule has 16 heavy (non-hydrogen) atoms. The van der Waals surface area contributed by atoms with Crippen LogP contribution in [0.5, 0.6) is 0 Å². The lowest BCUT2D eigenvalue weighted by Gasteiger charge is -2.36. The standard InChI is InChI=1S/C12H22N4/c1-8-10(13)14-7-15-11(8)16(6)9(2)12(3,4)5/h7,9H,1-6H3,(H2,13,14,15). The van der Waals surface area contributed by atoms with Gasteiger partial charge in [-0.05, 0) is 19.3 Å². The van der Waals surface area contributed by atoms with Crippen molar-refractivity contribution in [3.63, 3.8) is 0 Å². The Kier molecular flexibility index (Phi) is 3.41. The second-order valence-corrected chi connectivity index (χ2v) is 5.36. The highest BCUT2D eigenvalue weighted by Gasteiger charge is 2.25. The number of rotatable bonds is 2. The van der Waals surface area contributed by atoms with Crippen LogP contribution in [0.3, 0.4) is 0 Å². The van der Waals surface area contributed by atoms with Crippen LogP contribution >= 0.6 is 0 Å². The van der Waals surface area contributed by atoms with Crippen molar-refractivity contribution in [2.45, 2.75) is 40.7 Å². The topological polar surface area (TPSA) is 55.0 Å². The van der Waals surface area contributed by atoms with Crippen LogP contribution in [0, 0.1) is 12.3 Å². The maximum Gasteiger partial charge on any atom is 0.137 e. The molecule has 0 radical (unpaired) electrons. The van der Waals surface area contributed by atoms with Crippen LogP contribution in [-0.2, 0) is 0 Å². The Bertz CT molecular complexity index is 368. The first kappa shape index (κ1) is 12.7. The first-order chi connectivity index (χ1) is 7.25. The Balaban J connectivity index is 3.06. The van der Waals surface area contributed by atoms with Crippen molar-refractivity contribution >= 4 is 11.6 Å². The van der Waals surface area contributed by atoms with Gasteiger partial charge in [-0.25, -0.2) is 9.97 Å². The number of nitrogen functional groups attached to an aromatic ring is 1. The van der Waals surface area contributed by atoms with E-state index in [2.05, 4.69) is 42.6 Å². The van der Waals surface area contributed by atoms with Crippen LogP contribution in [0.4, 0.5) is 11.6 Å². The summed E-state index contributed by atoms with van der Waals surface area (Å²) in [5.41, 5.74) is 6.93. The fourth-order valence-electron chi connectivity index (χ4n) is 1.57. The van der Waals surface area contributed by atoms with Gasteiger partial charge in [-0.2, -0.15) is 0 Å². The summed E-state index contributed by atoms with van der Waals surface area (Å²) in [7, 11) is 2.05. The Labute approximate surface area is 97.9 Å². The molecule has 2 N–H and O–H groups in total. The molecule has 0 saturated carbocycles. The van der Waals surface area contributed by atoms with Gasteiger partial charge >= 0.3 is 0 Å². The first-order valence-corrected chi connectivity index (χ1v) is 5.55. The minimum absolute atomic E-state index is 0.195. The molecular formula is C12H22N4. The molecule has 0 fully saturated rings. The van der Waals surface area contributed by atoms with E-state index >= 15 is 0 Å². The predicted octanol–water partition coefficient (Wildman–Crippen LogP) is 2.24. The van der Waals surface area contributed by atoms with Crippen LogP contribution in [0.25, 0.3) is 0 Å². The van der Waals surface area contributed by atoms with E-state index in [1.54, 1.807) is 0 Å². The van der Waals surface area contributed by atoms with Crippen molar-refractivity contribution in [2.24, 2.45) is 5.41 Å². The molecule has 1 atom stereocenters. The summed E-state index contributed by atoms with van der Waals surface area (Å²) < 4.78 is 0. The third-order valence-electron chi connectivity index (χ3n) is 3.26. The van der Waals surface area contributed by atoms with Crippen LogP contribution in [0.1, 0.15) is 33.3 Å². The highest BCUT2D eigenvalue weighted by atomic mass is 15.2. The van der Waals surface area contributed by atoms with Crippen LogP contribution < -0.4 is 10.6 Å². The quantitative estimate of drug-likeness (QED) is 0.833. The van der Waals surface area contributed by atoms with E-state index in [9.17, 15) is 0 Å². The minimum atomic E-state index is 0.195. The van der Waals surface area contributed by atoms with Crippen molar-refractivity contribution in [3.05, 3.63) is 11.9 Å². The van der Waals surface area contributed by atoms with Crippen molar-refractivity contribution < 1.29 is 0 Å². The zero-order chi connectivity index (χ0) is 12.5. The van der Waals surface area contributed by atoms with Gasteiger partial charge in [0.25, 0.3) is 0 Å². The zero-order valence-electron chi connectivity index (χ0n) is 11.1. The monoisotopic (exact) mass is 222 g/mol. The highest BCUT2D eigenvalue weighted by Crippen LogP contribution is 2.28. The molecule has 1 aromatic rings. The zero-order valence-corrected chi connectivity index (χ0v) is 11.1. The molecule has 4 nitrogen and oxygen atoms in total. The molecule has 1 rings (SSSR count). The van der Waals surface area contributed by atoms with Gasteiger partial charge < -0.3 is 10.6 Å². The summed E-state index contributed by atoms with van der Waals surface area (Å²) in [5.74, 6) is 1.47. The normalized spacial score (nSPS) is 13.6. The van der Waals surface area contributed by atoms with E-state index < -0.39 is 0 Å². The van der Waals surface area contributed by atoms with Gasteiger partial charge in [-0.15, -0.1) is 0 Å². The summed E-state index contributed by atoms with van der Waals surface area (Å²) in [6.45, 7) is 10.8. The average Bonchev–Trinajstić information content (AvgIpc) is 2.18. The molecule has 0 aliphatic rings. The first-order valence-electron chi connectivity index (χ1n) is 5.55. The van der Waals surface area contributed by atoms with Crippen molar-refractivity contribution in [1.82, 2.24) is 9.97 Å². The van der Waals surface area contributed by atoms with Crippen molar-refractivity contribution in [3.8, 4) is 0 Å². The average molecular weight is 222 g/mol. The molecule has 0 saturated heterocycles. The largest absolute Gasteiger partial charge is 0.383 e. The number of nitrogens with two attached hydrogens (primary N) is 1. The lowest BCUT2D eigenvalue weighted by molar-refractivity contribution is 0.328. The summed E-state index contributed by atoms with van der Waals surface area (Å²) >= 11 is 0. The second-order valence-electron chi connectivity index (χ2n) is 5.36. The molecule has 0 bridgehead atoms. The molecule has 0 spiro atoms. The second kappa shape index (κ2) is 4.28. The molecule has 0 aromatic carbocycles. The minimum Gasteiger partial charge on any atom is -0.383 e. The maximum absolute atomic E-state index is 5.79. The lowest BCUT2D eigenvalue weighted by Crippen LogP contribution is -2.40. The third kappa shape index (κ3) is 2.43. The van der Waals surface area contributed by atoms with Gasteiger partial charge in [0.1, 0.15) is 18.0 Å². The van der Waals surface area contributed by atoms with E-state index in [1.807, 2.05) is 14.0 Å². The van der Waals surface area contributed by atoms with E-state index in [-0.39, 0.29) is 5.41 Å². The van der Waals surface area contributed by atoms with Crippen LogP contribution in [0.2, 0.25) is 0 Å². The summed E-state index contributed by atoms with van der Waals surface area (Å²) in [4.78, 5) is 10.5. The SMILES string of the molecule is Cc1c(N)ncnc1N(C)C(C)C(C)(C)C. The smallest absolute Gasteiger partial charge is 0.137 e. The Morgan fingerprint density at radius 1 is 1.31 bits per heavy atom. The number of hydrogen-bond acceptors (Lipinski definition) is 4. The van der Waals surface area contributed by atoms with E-state index in [0.717, 1.165) is 11.4 Å². The summed E-state index contributed by atoms with van der Waals surface area (Å²) in [6.07, 6.45) is 1.52. The van der Waals surface area contributed by atoms with Crippen LogP contribution in [0.15, 0.2) is 6.33 Å². The van der Waals surface area contributed by atoms with Gasteiger partial charge in [0.2, 0.25) is 0 Å². The maximum atomic E-state index is 5.79. The number of nitrogens with zero attached hydrogens (tertiary/aromatic N) is 3. The van der Waals surface area contributed by atoms with Gasteiger partial charge in [-0.3, -0.25) is 0 Å². The highest BCUT2D eigenvalue weighted by molar-refractivity contribution is 5.55. The fraction of sp³-hybridized carbons (Fsp3) is 0.667. The Morgan fingerprint density at radius 3 is 2.38 bits per heavy atom. The summed E-state index contributed by atoms with van der Waals surface area (Å²) in [6, 6.07) is 0.375. The van der Waals surface area contributed by atoms with E-state index in [1.165, 1.54) is 6.33 Å². The van der Waals surface area contributed by atoms with E-state index in [0.29, 0.717) is 11.9 Å². The number of aromatic nitrogens is 2. The number of hydrogen-bond donors (Lipinski definition) is 1. The Hall–Kier alpha value is -1.32. The van der Waals surface area contributed by atoms with Crippen LogP contribution in [-0.4, -0.2) is 23.1 Å². The molecule has 0 aliphatic heterocycles. The molecule has 90 valence electrons. The Morgan fingerprint density at radius 2 is 1.88 bits per heavy atom. The van der Waals surface area contributed by atoms with Crippen molar-refractivity contribution in [2.75, 3.05) is 17.7 Å². The molecular weight excluding hydrogens is 200 g/mol.